The Morgan fingerprint density at radius 3 is 2.29 bits per heavy atom. The van der Waals surface area contributed by atoms with Crippen LogP contribution in [0.5, 0.6) is 5.75 Å². The summed E-state index contributed by atoms with van der Waals surface area (Å²) in [6.45, 7) is 8.63. The highest BCUT2D eigenvalue weighted by Crippen LogP contribution is 2.34. The molecule has 2 atom stereocenters. The molecule has 0 aliphatic rings. The number of carbonyl (C=O) groups excluding carboxylic acids is 1. The molecule has 3 rings (SSSR count). The van der Waals surface area contributed by atoms with Gasteiger partial charge in [-0.3, -0.25) is 0 Å². The summed E-state index contributed by atoms with van der Waals surface area (Å²) < 4.78 is 11.4. The normalized spacial score (nSPS) is 12.6. The molecule has 0 fully saturated rings. The fourth-order valence-corrected chi connectivity index (χ4v) is 5.02. The molecule has 0 amide bonds. The highest BCUT2D eigenvalue weighted by molar-refractivity contribution is 6.21. The van der Waals surface area contributed by atoms with Gasteiger partial charge in [0.25, 0.3) is 0 Å². The van der Waals surface area contributed by atoms with E-state index in [2.05, 4.69) is 6.58 Å². The first kappa shape index (κ1) is 32.2. The summed E-state index contributed by atoms with van der Waals surface area (Å²) in [7, 11) is 0. The zero-order valence-corrected chi connectivity index (χ0v) is 25.1. The Morgan fingerprint density at radius 2 is 1.63 bits per heavy atom. The Morgan fingerprint density at radius 1 is 0.951 bits per heavy atom. The van der Waals surface area contributed by atoms with Gasteiger partial charge in [0.2, 0.25) is 0 Å². The van der Waals surface area contributed by atoms with Crippen LogP contribution in [-0.2, 0) is 4.74 Å². The van der Waals surface area contributed by atoms with E-state index in [4.69, 9.17) is 21.1 Å². The Labute approximate surface area is 249 Å². The van der Waals surface area contributed by atoms with Gasteiger partial charge in [0, 0.05) is 5.56 Å². The predicted molar refractivity (Wildman–Crippen MR) is 168 cm³/mol. The molecule has 0 bridgehead atoms. The van der Waals surface area contributed by atoms with Crippen molar-refractivity contribution in [2.45, 2.75) is 77.0 Å². The third-order valence-corrected chi connectivity index (χ3v) is 8.14. The van der Waals surface area contributed by atoms with Gasteiger partial charge in [-0.2, -0.15) is 0 Å². The number of unbranched alkanes of at least 4 members (excludes halogenated alkanes) is 7. The molecule has 2 unspecified atom stereocenters. The number of hydrogen-bond donors (Lipinski definition) is 1. The lowest BCUT2D eigenvalue weighted by Gasteiger charge is -2.16. The van der Waals surface area contributed by atoms with Crippen LogP contribution in [0.25, 0.3) is 21.9 Å². The van der Waals surface area contributed by atoms with Crippen LogP contribution in [0, 0.1) is 5.92 Å². The molecule has 41 heavy (non-hydrogen) atoms. The Kier molecular flexibility index (Phi) is 13.2. The predicted octanol–water partition coefficient (Wildman–Crippen LogP) is 9.70. The molecule has 0 aromatic heterocycles. The smallest absolute Gasteiger partial charge is 0.338 e. The lowest BCUT2D eigenvalue weighted by atomic mass is 9.92. The van der Waals surface area contributed by atoms with E-state index >= 15 is 0 Å². The highest BCUT2D eigenvalue weighted by atomic mass is 35.5. The number of allylic oxidation sites excluding steroid dienone is 1. The monoisotopic (exact) mass is 578 g/mol. The lowest BCUT2D eigenvalue weighted by Crippen LogP contribution is -2.20. The number of fused-ring (bicyclic) bond motifs is 1. The fourth-order valence-electron chi connectivity index (χ4n) is 4.78. The summed E-state index contributed by atoms with van der Waals surface area (Å²) in [5, 5.41) is 11.4. The number of halogens is 1. The number of hydrogen-bond acceptors (Lipinski definition) is 4. The molecule has 0 aliphatic heterocycles. The summed E-state index contributed by atoms with van der Waals surface area (Å²) in [5.74, 6) is -0.452. The summed E-state index contributed by atoms with van der Waals surface area (Å²) in [5.41, 5.74) is 1.90. The van der Waals surface area contributed by atoms with Crippen molar-refractivity contribution in [1.29, 1.82) is 0 Å². The first-order chi connectivity index (χ1) is 19.8. The molecular weight excluding hydrogens is 536 g/mol. The highest BCUT2D eigenvalue weighted by Gasteiger charge is 2.18. The van der Waals surface area contributed by atoms with Gasteiger partial charge in [-0.1, -0.05) is 82.7 Å². The van der Waals surface area contributed by atoms with Crippen LogP contribution < -0.4 is 4.74 Å². The van der Waals surface area contributed by atoms with Crippen molar-refractivity contribution in [3.05, 3.63) is 78.4 Å². The van der Waals surface area contributed by atoms with Gasteiger partial charge < -0.3 is 14.6 Å². The molecule has 6 heteroatoms. The maximum atomic E-state index is 12.5. The second kappa shape index (κ2) is 16.8. The fraction of sp³-hybridized carbons (Fsp3) is 0.429. The van der Waals surface area contributed by atoms with E-state index in [1.54, 1.807) is 30.3 Å². The van der Waals surface area contributed by atoms with Crippen molar-refractivity contribution in [2.24, 2.45) is 5.92 Å². The zero-order chi connectivity index (χ0) is 29.6. The minimum atomic E-state index is -1.01. The zero-order valence-electron chi connectivity index (χ0n) is 24.4. The first-order valence-electron chi connectivity index (χ1n) is 14.8. The first-order valence-corrected chi connectivity index (χ1v) is 15.2. The number of alkyl halides is 1. The summed E-state index contributed by atoms with van der Waals surface area (Å²) in [4.78, 5) is 24.7. The molecule has 0 saturated heterocycles. The quantitative estimate of drug-likeness (QED) is 0.0703. The van der Waals surface area contributed by atoms with Crippen molar-refractivity contribution in [1.82, 2.24) is 0 Å². The second-order valence-electron chi connectivity index (χ2n) is 10.7. The summed E-state index contributed by atoms with van der Waals surface area (Å²) >= 11 is 6.31. The van der Waals surface area contributed by atoms with Crippen LogP contribution in [0.3, 0.4) is 0 Å². The minimum absolute atomic E-state index is 0.143. The lowest BCUT2D eigenvalue weighted by molar-refractivity contribution is 0.0489. The van der Waals surface area contributed by atoms with E-state index in [9.17, 15) is 14.7 Å². The molecule has 0 spiro atoms. The van der Waals surface area contributed by atoms with Crippen LogP contribution in [0.4, 0.5) is 0 Å². The van der Waals surface area contributed by atoms with Crippen molar-refractivity contribution in [3.63, 3.8) is 0 Å². The largest absolute Gasteiger partial charge is 0.494 e. The topological polar surface area (TPSA) is 72.8 Å². The SMILES string of the molecule is C=CCCCCCCCCCOc1ccc2c(-c3ccc(C(=O)OCC(Cl)C(C)CC)cc3)c(C(=O)O)ccc2c1. The van der Waals surface area contributed by atoms with Gasteiger partial charge in [0.05, 0.1) is 23.1 Å². The average molecular weight is 579 g/mol. The van der Waals surface area contributed by atoms with Crippen LogP contribution >= 0.6 is 11.6 Å². The number of aromatic carboxylic acids is 1. The summed E-state index contributed by atoms with van der Waals surface area (Å²) in [6.07, 6.45) is 12.4. The molecule has 0 radical (unpaired) electrons. The second-order valence-corrected chi connectivity index (χ2v) is 11.2. The van der Waals surface area contributed by atoms with E-state index in [1.165, 1.54) is 32.1 Å². The van der Waals surface area contributed by atoms with Crippen molar-refractivity contribution in [3.8, 4) is 16.9 Å². The van der Waals surface area contributed by atoms with Crippen molar-refractivity contribution in [2.75, 3.05) is 13.2 Å². The van der Waals surface area contributed by atoms with E-state index < -0.39 is 11.9 Å². The van der Waals surface area contributed by atoms with Gasteiger partial charge in [0.15, 0.2) is 0 Å². The molecule has 1 N–H and O–H groups in total. The molecule has 0 aliphatic carbocycles. The molecule has 3 aromatic rings. The molecule has 0 heterocycles. The van der Waals surface area contributed by atoms with Gasteiger partial charge in [-0.05, 0) is 71.8 Å². The number of carboxylic acids is 1. The van der Waals surface area contributed by atoms with Crippen LogP contribution in [0.15, 0.2) is 67.3 Å². The van der Waals surface area contributed by atoms with E-state index in [1.807, 2.05) is 44.2 Å². The summed E-state index contributed by atoms with van der Waals surface area (Å²) in [6, 6.07) is 16.0. The van der Waals surface area contributed by atoms with Crippen LogP contribution in [0.1, 0.15) is 92.4 Å². The molecule has 3 aromatic carbocycles. The van der Waals surface area contributed by atoms with E-state index in [0.717, 1.165) is 42.2 Å². The number of ether oxygens (including phenoxy) is 2. The molecule has 0 saturated carbocycles. The maximum absolute atomic E-state index is 12.5. The number of rotatable bonds is 18. The van der Waals surface area contributed by atoms with Gasteiger partial charge in [0.1, 0.15) is 12.4 Å². The Bertz CT molecular complexity index is 1280. The van der Waals surface area contributed by atoms with Crippen molar-refractivity contribution >= 4 is 34.3 Å². The number of benzene rings is 3. The van der Waals surface area contributed by atoms with Gasteiger partial charge in [-0.15, -0.1) is 18.2 Å². The Balaban J connectivity index is 1.65. The average Bonchev–Trinajstić information content (AvgIpc) is 2.99. The Hall–Kier alpha value is -3.31. The minimum Gasteiger partial charge on any atom is -0.494 e. The van der Waals surface area contributed by atoms with E-state index in [-0.39, 0.29) is 23.5 Å². The third kappa shape index (κ3) is 9.64. The number of esters is 1. The van der Waals surface area contributed by atoms with Crippen LogP contribution in [0.2, 0.25) is 0 Å². The number of carbonyl (C=O) groups is 2. The van der Waals surface area contributed by atoms with Crippen LogP contribution in [-0.4, -0.2) is 35.6 Å². The van der Waals surface area contributed by atoms with E-state index in [0.29, 0.717) is 23.3 Å². The van der Waals surface area contributed by atoms with Crippen molar-refractivity contribution < 1.29 is 24.2 Å². The molecular formula is C35H43ClO5. The maximum Gasteiger partial charge on any atom is 0.338 e. The van der Waals surface area contributed by atoms with Gasteiger partial charge >= 0.3 is 11.9 Å². The third-order valence-electron chi connectivity index (χ3n) is 7.59. The van der Waals surface area contributed by atoms with Gasteiger partial charge in [-0.25, -0.2) is 9.59 Å². The molecule has 220 valence electrons. The molecule has 5 nitrogen and oxygen atoms in total. The number of carboxylic acid groups (broad SMARTS) is 1. The standard InChI is InChI=1S/C35H43ClO5/c1-4-6-7-8-9-10-11-12-13-22-40-29-19-21-30-28(23-29)18-20-31(34(37)38)33(30)26-14-16-27(17-15-26)35(39)41-24-32(36)25(3)5-2/h4,14-21,23,25,32H,1,5-13,22,24H2,2-3H3,(H,37,38).